The largest absolute Gasteiger partial charge is 0.381 e. The van der Waals surface area contributed by atoms with Gasteiger partial charge in [-0.1, -0.05) is 26.7 Å². The van der Waals surface area contributed by atoms with Gasteiger partial charge in [-0.15, -0.1) is 0 Å². The maximum atomic E-state index is 6.02. The number of hydrogen-bond acceptors (Lipinski definition) is 2. The number of rotatable bonds is 4. The normalized spacial score (nSPS) is 29.5. The molecule has 0 aromatic carbocycles. The summed E-state index contributed by atoms with van der Waals surface area (Å²) in [5, 5.41) is 0. The third-order valence-corrected chi connectivity index (χ3v) is 2.89. The van der Waals surface area contributed by atoms with Gasteiger partial charge in [-0.05, 0) is 24.7 Å². The van der Waals surface area contributed by atoms with Crippen molar-refractivity contribution in [2.75, 3.05) is 13.2 Å². The van der Waals surface area contributed by atoms with E-state index < -0.39 is 0 Å². The Hall–Kier alpha value is -0.0800. The van der Waals surface area contributed by atoms with E-state index in [1.54, 1.807) is 0 Å². The predicted molar refractivity (Wildman–Crippen MR) is 55.6 cm³/mol. The maximum absolute atomic E-state index is 6.02. The Morgan fingerprint density at radius 3 is 2.85 bits per heavy atom. The van der Waals surface area contributed by atoms with E-state index in [1.165, 1.54) is 19.3 Å². The van der Waals surface area contributed by atoms with Crippen LogP contribution in [0.2, 0.25) is 0 Å². The molecule has 2 N–H and O–H groups in total. The third-order valence-electron chi connectivity index (χ3n) is 2.89. The minimum Gasteiger partial charge on any atom is -0.381 e. The summed E-state index contributed by atoms with van der Waals surface area (Å²) in [6, 6.07) is 0.390. The molecule has 1 aliphatic rings. The van der Waals surface area contributed by atoms with Crippen LogP contribution in [0.4, 0.5) is 0 Å². The highest BCUT2D eigenvalue weighted by Gasteiger charge is 2.21. The van der Waals surface area contributed by atoms with Gasteiger partial charge in [0.1, 0.15) is 0 Å². The lowest BCUT2D eigenvalue weighted by molar-refractivity contribution is 0.0375. The van der Waals surface area contributed by atoms with Gasteiger partial charge in [-0.25, -0.2) is 0 Å². The zero-order valence-electron chi connectivity index (χ0n) is 8.96. The summed E-state index contributed by atoms with van der Waals surface area (Å²) in [6.07, 6.45) is 4.92. The van der Waals surface area contributed by atoms with Gasteiger partial charge in [0.25, 0.3) is 0 Å². The van der Waals surface area contributed by atoms with Crippen molar-refractivity contribution < 1.29 is 4.74 Å². The second-order valence-corrected chi connectivity index (χ2v) is 4.61. The van der Waals surface area contributed by atoms with E-state index >= 15 is 0 Å². The van der Waals surface area contributed by atoms with Crippen molar-refractivity contribution in [3.8, 4) is 0 Å². The molecule has 0 aromatic rings. The summed E-state index contributed by atoms with van der Waals surface area (Å²) < 4.78 is 5.43. The van der Waals surface area contributed by atoms with Crippen molar-refractivity contribution >= 4 is 0 Å². The molecule has 0 bridgehead atoms. The topological polar surface area (TPSA) is 35.2 Å². The molecule has 1 aliphatic heterocycles. The van der Waals surface area contributed by atoms with Crippen LogP contribution in [-0.2, 0) is 4.74 Å². The Morgan fingerprint density at radius 2 is 2.23 bits per heavy atom. The molecule has 0 amide bonds. The number of ether oxygens (including phenoxy) is 1. The van der Waals surface area contributed by atoms with Gasteiger partial charge in [0, 0.05) is 12.6 Å². The van der Waals surface area contributed by atoms with Gasteiger partial charge >= 0.3 is 0 Å². The van der Waals surface area contributed by atoms with Crippen molar-refractivity contribution in [2.24, 2.45) is 17.6 Å². The fourth-order valence-corrected chi connectivity index (χ4v) is 1.90. The van der Waals surface area contributed by atoms with Crippen molar-refractivity contribution in [1.82, 2.24) is 0 Å². The Bertz CT molecular complexity index is 136. The lowest BCUT2D eigenvalue weighted by Crippen LogP contribution is -2.38. The van der Waals surface area contributed by atoms with E-state index in [4.69, 9.17) is 10.5 Å². The van der Waals surface area contributed by atoms with E-state index in [0.29, 0.717) is 12.0 Å². The highest BCUT2D eigenvalue weighted by Crippen LogP contribution is 2.20. The highest BCUT2D eigenvalue weighted by atomic mass is 16.5. The van der Waals surface area contributed by atoms with Crippen LogP contribution in [-0.4, -0.2) is 19.3 Å². The van der Waals surface area contributed by atoms with E-state index in [0.717, 1.165) is 25.6 Å². The summed E-state index contributed by atoms with van der Waals surface area (Å²) in [6.45, 7) is 6.30. The van der Waals surface area contributed by atoms with E-state index in [-0.39, 0.29) is 0 Å². The summed E-state index contributed by atoms with van der Waals surface area (Å²) in [7, 11) is 0. The van der Waals surface area contributed by atoms with Gasteiger partial charge in [-0.2, -0.15) is 0 Å². The van der Waals surface area contributed by atoms with Crippen molar-refractivity contribution in [1.29, 1.82) is 0 Å². The van der Waals surface area contributed by atoms with Crippen LogP contribution < -0.4 is 5.73 Å². The Labute approximate surface area is 81.8 Å². The number of hydrogen-bond donors (Lipinski definition) is 1. The Balaban J connectivity index is 2.11. The maximum Gasteiger partial charge on any atom is 0.0509 e. The SMILES string of the molecule is CC(C)CCCC1COCCC1N. The van der Waals surface area contributed by atoms with Gasteiger partial charge in [0.15, 0.2) is 0 Å². The van der Waals surface area contributed by atoms with Crippen LogP contribution >= 0.6 is 0 Å². The Morgan fingerprint density at radius 1 is 1.46 bits per heavy atom. The predicted octanol–water partition coefficient (Wildman–Crippen LogP) is 2.18. The van der Waals surface area contributed by atoms with Crippen LogP contribution in [0.15, 0.2) is 0 Å². The molecular weight excluding hydrogens is 162 g/mol. The summed E-state index contributed by atoms with van der Waals surface area (Å²) in [5.41, 5.74) is 6.02. The first-order valence-corrected chi connectivity index (χ1v) is 5.53. The Kier molecular flexibility index (Phi) is 4.74. The molecule has 0 spiro atoms. The number of nitrogens with two attached hydrogens (primary N) is 1. The first-order valence-electron chi connectivity index (χ1n) is 5.53. The molecule has 2 nitrogen and oxygen atoms in total. The van der Waals surface area contributed by atoms with Gasteiger partial charge in [-0.3, -0.25) is 0 Å². The first-order chi connectivity index (χ1) is 6.20. The monoisotopic (exact) mass is 185 g/mol. The molecule has 1 fully saturated rings. The van der Waals surface area contributed by atoms with Gasteiger partial charge < -0.3 is 10.5 Å². The zero-order valence-corrected chi connectivity index (χ0v) is 8.96. The molecule has 2 heteroatoms. The van der Waals surface area contributed by atoms with Crippen LogP contribution in [0.25, 0.3) is 0 Å². The molecule has 0 aliphatic carbocycles. The second-order valence-electron chi connectivity index (χ2n) is 4.61. The highest BCUT2D eigenvalue weighted by molar-refractivity contribution is 4.76. The van der Waals surface area contributed by atoms with Gasteiger partial charge in [0.05, 0.1) is 6.61 Å². The lowest BCUT2D eigenvalue weighted by atomic mass is 9.90. The summed E-state index contributed by atoms with van der Waals surface area (Å²) in [4.78, 5) is 0. The van der Waals surface area contributed by atoms with Crippen LogP contribution in [0.5, 0.6) is 0 Å². The smallest absolute Gasteiger partial charge is 0.0509 e. The van der Waals surface area contributed by atoms with Crippen molar-refractivity contribution in [2.45, 2.75) is 45.6 Å². The average molecular weight is 185 g/mol. The van der Waals surface area contributed by atoms with E-state index in [2.05, 4.69) is 13.8 Å². The summed E-state index contributed by atoms with van der Waals surface area (Å²) in [5.74, 6) is 1.44. The average Bonchev–Trinajstić information content (AvgIpc) is 2.08. The minimum atomic E-state index is 0.390. The fraction of sp³-hybridized carbons (Fsp3) is 1.00. The minimum absolute atomic E-state index is 0.390. The molecule has 2 atom stereocenters. The second kappa shape index (κ2) is 5.61. The summed E-state index contributed by atoms with van der Waals surface area (Å²) >= 11 is 0. The van der Waals surface area contributed by atoms with E-state index in [9.17, 15) is 0 Å². The molecule has 1 saturated heterocycles. The van der Waals surface area contributed by atoms with Crippen LogP contribution in [0.1, 0.15) is 39.5 Å². The van der Waals surface area contributed by atoms with Crippen molar-refractivity contribution in [3.63, 3.8) is 0 Å². The molecule has 1 heterocycles. The quantitative estimate of drug-likeness (QED) is 0.728. The molecule has 13 heavy (non-hydrogen) atoms. The molecular formula is C11H23NO. The van der Waals surface area contributed by atoms with Crippen molar-refractivity contribution in [3.05, 3.63) is 0 Å². The lowest BCUT2D eigenvalue weighted by Gasteiger charge is -2.28. The first kappa shape index (κ1) is 11.0. The standard InChI is InChI=1S/C11H23NO/c1-9(2)4-3-5-10-8-13-7-6-11(10)12/h9-11H,3-8,12H2,1-2H3. The molecule has 78 valence electrons. The van der Waals surface area contributed by atoms with E-state index in [1.807, 2.05) is 0 Å². The molecule has 1 rings (SSSR count). The fourth-order valence-electron chi connectivity index (χ4n) is 1.90. The van der Waals surface area contributed by atoms with Gasteiger partial charge in [0.2, 0.25) is 0 Å². The van der Waals surface area contributed by atoms with Crippen LogP contribution in [0.3, 0.4) is 0 Å². The zero-order chi connectivity index (χ0) is 9.68. The molecule has 2 unspecified atom stereocenters. The molecule has 0 radical (unpaired) electrons. The molecule has 0 saturated carbocycles. The molecule has 0 aromatic heterocycles. The third kappa shape index (κ3) is 4.10. The van der Waals surface area contributed by atoms with Crippen LogP contribution in [0, 0.1) is 11.8 Å².